The molecule has 5 heteroatoms. The minimum atomic E-state index is 0.0619. The van der Waals surface area contributed by atoms with Crippen LogP contribution in [0.25, 0.3) is 21.8 Å². The van der Waals surface area contributed by atoms with Gasteiger partial charge >= 0.3 is 0 Å². The Balaban J connectivity index is 1.89. The van der Waals surface area contributed by atoms with Gasteiger partial charge < -0.3 is 5.32 Å². The molecule has 0 bridgehead atoms. The lowest BCUT2D eigenvalue weighted by molar-refractivity contribution is -0.116. The minimum absolute atomic E-state index is 0.0619. The Kier molecular flexibility index (Phi) is 5.38. The Morgan fingerprint density at radius 1 is 1.04 bits per heavy atom. The van der Waals surface area contributed by atoms with Crippen LogP contribution in [-0.2, 0) is 4.79 Å². The molecule has 0 saturated heterocycles. The summed E-state index contributed by atoms with van der Waals surface area (Å²) in [5.41, 5.74) is 2.50. The van der Waals surface area contributed by atoms with Gasteiger partial charge in [0.15, 0.2) is 0 Å². The number of carbonyl (C=O) groups excluding carboxylic acids is 1. The van der Waals surface area contributed by atoms with Crippen molar-refractivity contribution >= 4 is 56.0 Å². The number of anilines is 1. The summed E-state index contributed by atoms with van der Waals surface area (Å²) in [5, 5.41) is 4.96. The minimum Gasteiger partial charge on any atom is -0.325 e. The van der Waals surface area contributed by atoms with E-state index in [0.29, 0.717) is 6.42 Å². The predicted molar refractivity (Wildman–Crippen MR) is 103 cm³/mol. The molecule has 23 heavy (non-hydrogen) atoms. The van der Waals surface area contributed by atoms with Gasteiger partial charge in [0.05, 0.1) is 16.7 Å². The van der Waals surface area contributed by atoms with Gasteiger partial charge in [0.1, 0.15) is 0 Å². The number of benzene rings is 1. The first kappa shape index (κ1) is 16.1. The van der Waals surface area contributed by atoms with Gasteiger partial charge in [-0.2, -0.15) is 0 Å². The van der Waals surface area contributed by atoms with Crippen LogP contribution in [0.3, 0.4) is 0 Å². The molecule has 4 nitrogen and oxygen atoms in total. The molecule has 3 rings (SSSR count). The maximum Gasteiger partial charge on any atom is 0.224 e. The molecule has 0 atom stereocenters. The van der Waals surface area contributed by atoms with Crippen molar-refractivity contribution in [3.63, 3.8) is 0 Å². The van der Waals surface area contributed by atoms with E-state index in [9.17, 15) is 4.79 Å². The Morgan fingerprint density at radius 2 is 1.83 bits per heavy atom. The van der Waals surface area contributed by atoms with Crippen molar-refractivity contribution in [2.45, 2.75) is 25.7 Å². The van der Waals surface area contributed by atoms with Crippen molar-refractivity contribution in [1.29, 1.82) is 0 Å². The molecule has 3 aromatic rings. The van der Waals surface area contributed by atoms with Gasteiger partial charge in [-0.1, -0.05) is 35.1 Å². The van der Waals surface area contributed by atoms with E-state index in [1.54, 1.807) is 12.4 Å². The Hall–Kier alpha value is -1.76. The molecule has 0 fully saturated rings. The van der Waals surface area contributed by atoms with E-state index in [2.05, 4.69) is 37.9 Å². The van der Waals surface area contributed by atoms with Crippen LogP contribution in [0.2, 0.25) is 0 Å². The zero-order chi connectivity index (χ0) is 16.1. The van der Waals surface area contributed by atoms with Crippen molar-refractivity contribution in [3.05, 3.63) is 42.7 Å². The highest BCUT2D eigenvalue weighted by molar-refractivity contribution is 14.1. The number of hydrogen-bond donors (Lipinski definition) is 1. The number of fused-ring (bicyclic) bond motifs is 3. The van der Waals surface area contributed by atoms with Crippen molar-refractivity contribution < 1.29 is 4.79 Å². The van der Waals surface area contributed by atoms with E-state index >= 15 is 0 Å². The lowest BCUT2D eigenvalue weighted by Gasteiger charge is -2.10. The number of nitrogens with one attached hydrogen (secondary N) is 1. The molecule has 0 unspecified atom stereocenters. The third kappa shape index (κ3) is 3.77. The third-order valence-electron chi connectivity index (χ3n) is 3.77. The molecular formula is C18H18IN3O. The smallest absolute Gasteiger partial charge is 0.224 e. The van der Waals surface area contributed by atoms with E-state index in [1.807, 2.05) is 30.3 Å². The van der Waals surface area contributed by atoms with Crippen LogP contribution in [0.15, 0.2) is 42.7 Å². The molecule has 0 aliphatic heterocycles. The second-order valence-electron chi connectivity index (χ2n) is 5.45. The molecule has 0 aliphatic carbocycles. The van der Waals surface area contributed by atoms with Gasteiger partial charge in [0, 0.05) is 29.6 Å². The first-order chi connectivity index (χ1) is 11.3. The quantitative estimate of drug-likeness (QED) is 0.272. The number of alkyl halides is 1. The van der Waals surface area contributed by atoms with Crippen LogP contribution < -0.4 is 5.32 Å². The number of halogens is 1. The standard InChI is InChI=1S/C18H18IN3O/c19-9-3-1-2-8-16(23)22-15-12-13-6-4-10-20-17(13)18-14(15)7-5-11-21-18/h4-7,10-12H,1-3,8-9H2,(H,22,23). The highest BCUT2D eigenvalue weighted by Crippen LogP contribution is 2.29. The topological polar surface area (TPSA) is 54.9 Å². The van der Waals surface area contributed by atoms with Crippen molar-refractivity contribution in [2.75, 3.05) is 9.74 Å². The summed E-state index contributed by atoms with van der Waals surface area (Å²) in [6.45, 7) is 0. The van der Waals surface area contributed by atoms with E-state index in [4.69, 9.17) is 0 Å². The molecule has 0 radical (unpaired) electrons. The highest BCUT2D eigenvalue weighted by Gasteiger charge is 2.10. The molecule has 2 aromatic heterocycles. The number of amides is 1. The molecule has 0 saturated carbocycles. The van der Waals surface area contributed by atoms with E-state index in [1.165, 1.54) is 6.42 Å². The van der Waals surface area contributed by atoms with Gasteiger partial charge in [0.25, 0.3) is 0 Å². The van der Waals surface area contributed by atoms with Gasteiger partial charge in [0.2, 0.25) is 5.91 Å². The summed E-state index contributed by atoms with van der Waals surface area (Å²) in [6, 6.07) is 9.73. The van der Waals surface area contributed by atoms with Crippen molar-refractivity contribution in [3.8, 4) is 0 Å². The molecular weight excluding hydrogens is 401 g/mol. The number of rotatable bonds is 6. The normalized spacial score (nSPS) is 11.0. The number of aromatic nitrogens is 2. The zero-order valence-corrected chi connectivity index (χ0v) is 14.9. The van der Waals surface area contributed by atoms with E-state index in [-0.39, 0.29) is 5.91 Å². The van der Waals surface area contributed by atoms with Crippen LogP contribution in [0.4, 0.5) is 5.69 Å². The van der Waals surface area contributed by atoms with Gasteiger partial charge in [-0.25, -0.2) is 0 Å². The molecule has 1 aromatic carbocycles. The van der Waals surface area contributed by atoms with E-state index in [0.717, 1.165) is 44.8 Å². The van der Waals surface area contributed by atoms with E-state index < -0.39 is 0 Å². The molecule has 118 valence electrons. The summed E-state index contributed by atoms with van der Waals surface area (Å²) in [4.78, 5) is 21.1. The maximum absolute atomic E-state index is 12.2. The largest absolute Gasteiger partial charge is 0.325 e. The van der Waals surface area contributed by atoms with Gasteiger partial charge in [-0.3, -0.25) is 14.8 Å². The lowest BCUT2D eigenvalue weighted by Crippen LogP contribution is -2.11. The summed E-state index contributed by atoms with van der Waals surface area (Å²) in [6.07, 6.45) is 7.28. The fourth-order valence-corrected chi connectivity index (χ4v) is 3.19. The zero-order valence-electron chi connectivity index (χ0n) is 12.8. The fourth-order valence-electron chi connectivity index (χ4n) is 2.65. The van der Waals surface area contributed by atoms with Gasteiger partial charge in [-0.15, -0.1) is 0 Å². The van der Waals surface area contributed by atoms with Crippen LogP contribution in [0.1, 0.15) is 25.7 Å². The highest BCUT2D eigenvalue weighted by atomic mass is 127. The van der Waals surface area contributed by atoms with Gasteiger partial charge in [-0.05, 0) is 41.5 Å². The number of nitrogens with zero attached hydrogens (tertiary/aromatic N) is 2. The molecule has 1 amide bonds. The first-order valence-electron chi connectivity index (χ1n) is 7.78. The summed E-state index contributed by atoms with van der Waals surface area (Å²) in [5.74, 6) is 0.0619. The van der Waals surface area contributed by atoms with Crippen LogP contribution in [-0.4, -0.2) is 20.3 Å². The number of unbranched alkanes of at least 4 members (excludes halogenated alkanes) is 2. The fraction of sp³-hybridized carbons (Fsp3) is 0.278. The SMILES string of the molecule is O=C(CCCCCI)Nc1cc2cccnc2c2ncccc12. The summed E-state index contributed by atoms with van der Waals surface area (Å²) >= 11 is 2.37. The number of carbonyl (C=O) groups is 1. The molecule has 2 heterocycles. The Labute approximate surface area is 148 Å². The first-order valence-corrected chi connectivity index (χ1v) is 9.30. The average Bonchev–Trinajstić information content (AvgIpc) is 2.59. The van der Waals surface area contributed by atoms with Crippen molar-refractivity contribution in [1.82, 2.24) is 9.97 Å². The second kappa shape index (κ2) is 7.68. The number of pyridine rings is 2. The molecule has 1 N–H and O–H groups in total. The lowest BCUT2D eigenvalue weighted by atomic mass is 10.1. The van der Waals surface area contributed by atoms with Crippen molar-refractivity contribution in [2.24, 2.45) is 0 Å². The predicted octanol–water partition coefficient (Wildman–Crippen LogP) is 4.72. The molecule has 0 aliphatic rings. The van der Waals surface area contributed by atoms with Crippen LogP contribution in [0, 0.1) is 0 Å². The van der Waals surface area contributed by atoms with Crippen LogP contribution >= 0.6 is 22.6 Å². The number of hydrogen-bond acceptors (Lipinski definition) is 3. The Morgan fingerprint density at radius 3 is 2.65 bits per heavy atom. The Bertz CT molecular complexity index is 835. The monoisotopic (exact) mass is 419 g/mol. The maximum atomic E-state index is 12.2. The average molecular weight is 419 g/mol. The molecule has 0 spiro atoms. The third-order valence-corrected chi connectivity index (χ3v) is 4.54. The summed E-state index contributed by atoms with van der Waals surface area (Å²) in [7, 11) is 0. The van der Waals surface area contributed by atoms with Crippen LogP contribution in [0.5, 0.6) is 0 Å². The summed E-state index contributed by atoms with van der Waals surface area (Å²) < 4.78 is 1.15. The second-order valence-corrected chi connectivity index (χ2v) is 6.53.